The number of anilines is 1. The molecule has 2 heterocycles. The molecule has 2 fully saturated rings. The predicted molar refractivity (Wildman–Crippen MR) is 118 cm³/mol. The van der Waals surface area contributed by atoms with Gasteiger partial charge in [-0.2, -0.15) is 0 Å². The number of nitrogens with one attached hydrogen (secondary N) is 1. The number of ether oxygens (including phenoxy) is 3. The number of carbonyl (C=O) groups excluding carboxylic acids is 1. The lowest BCUT2D eigenvalue weighted by Crippen LogP contribution is -2.41. The fraction of sp³-hybridized carbons (Fsp3) is 0.520. The van der Waals surface area contributed by atoms with Crippen LogP contribution in [0.4, 0.5) is 14.6 Å². The van der Waals surface area contributed by atoms with Crippen LogP contribution >= 0.6 is 0 Å². The molecule has 0 unspecified atom stereocenters. The highest BCUT2D eigenvalue weighted by Gasteiger charge is 2.50. The average Bonchev–Trinajstić information content (AvgIpc) is 3.50. The number of carbonyl (C=O) groups is 1. The number of halogens is 2. The van der Waals surface area contributed by atoms with Crippen molar-refractivity contribution in [1.82, 2.24) is 4.98 Å². The maximum Gasteiger partial charge on any atom is 0.309 e. The second-order valence-electron chi connectivity index (χ2n) is 9.58. The molecular weight excluding hydrogens is 430 g/mol. The lowest BCUT2D eigenvalue weighted by molar-refractivity contribution is -0.144. The van der Waals surface area contributed by atoms with E-state index in [9.17, 15) is 13.6 Å². The van der Waals surface area contributed by atoms with Crippen LogP contribution < -0.4 is 5.32 Å². The smallest absolute Gasteiger partial charge is 0.309 e. The van der Waals surface area contributed by atoms with Crippen molar-refractivity contribution in [3.05, 3.63) is 58.8 Å². The molecule has 1 aromatic heterocycles. The molecule has 33 heavy (non-hydrogen) atoms. The molecule has 1 saturated heterocycles. The summed E-state index contributed by atoms with van der Waals surface area (Å²) in [6.07, 6.45) is 1.55. The van der Waals surface area contributed by atoms with Crippen LogP contribution in [-0.4, -0.2) is 28.8 Å². The Balaban J connectivity index is 1.42. The summed E-state index contributed by atoms with van der Waals surface area (Å²) in [6, 6.07) is 5.97. The minimum absolute atomic E-state index is 0.104. The number of hydrogen-bond acceptors (Lipinski definition) is 6. The van der Waals surface area contributed by atoms with Gasteiger partial charge >= 0.3 is 5.97 Å². The topological polar surface area (TPSA) is 69.7 Å². The van der Waals surface area contributed by atoms with Crippen molar-refractivity contribution in [2.75, 3.05) is 11.9 Å². The molecule has 0 radical (unpaired) electrons. The first kappa shape index (κ1) is 23.6. The average molecular weight is 461 g/mol. The van der Waals surface area contributed by atoms with E-state index < -0.39 is 29.1 Å². The summed E-state index contributed by atoms with van der Waals surface area (Å²) in [5.41, 5.74) is 0.146. The van der Waals surface area contributed by atoms with E-state index in [1.807, 2.05) is 33.8 Å². The van der Waals surface area contributed by atoms with Gasteiger partial charge in [-0.25, -0.2) is 13.8 Å². The molecule has 0 bridgehead atoms. The summed E-state index contributed by atoms with van der Waals surface area (Å²) in [4.78, 5) is 16.2. The van der Waals surface area contributed by atoms with E-state index >= 15 is 0 Å². The van der Waals surface area contributed by atoms with Crippen LogP contribution in [0.15, 0.2) is 30.5 Å². The molecule has 1 aliphatic carbocycles. The summed E-state index contributed by atoms with van der Waals surface area (Å²) < 4.78 is 45.9. The Labute approximate surface area is 192 Å². The molecule has 2 aliphatic rings. The number of nitrogens with zero attached hydrogens (tertiary/aromatic N) is 1. The first-order valence-electron chi connectivity index (χ1n) is 11.2. The first-order chi connectivity index (χ1) is 15.5. The quantitative estimate of drug-likeness (QED) is 0.570. The van der Waals surface area contributed by atoms with Crippen molar-refractivity contribution in [3.63, 3.8) is 0 Å². The van der Waals surface area contributed by atoms with Gasteiger partial charge in [-0.1, -0.05) is 6.07 Å². The Hall–Kier alpha value is -2.58. The van der Waals surface area contributed by atoms with Gasteiger partial charge in [-0.3, -0.25) is 4.79 Å². The fourth-order valence-corrected chi connectivity index (χ4v) is 3.89. The van der Waals surface area contributed by atoms with Crippen LogP contribution in [-0.2, 0) is 25.5 Å². The van der Waals surface area contributed by atoms with E-state index in [0.717, 1.165) is 18.1 Å². The number of benzene rings is 1. The SMILES string of the molecule is CCOC(=O)[C@H]1C[C@@H]1c1ccc(NCc2cc(C3OC(C)(C)C(C)(C)O3)c(F)cc2F)nc1. The fourth-order valence-electron chi connectivity index (χ4n) is 3.89. The Kier molecular flexibility index (Phi) is 6.18. The van der Waals surface area contributed by atoms with E-state index in [2.05, 4.69) is 10.3 Å². The van der Waals surface area contributed by atoms with Crippen molar-refractivity contribution in [1.29, 1.82) is 0 Å². The normalized spacial score (nSPS) is 23.4. The summed E-state index contributed by atoms with van der Waals surface area (Å²) in [5, 5.41) is 3.07. The van der Waals surface area contributed by atoms with Crippen LogP contribution in [0.5, 0.6) is 0 Å². The third-order valence-electron chi connectivity index (χ3n) is 6.73. The van der Waals surface area contributed by atoms with Gasteiger partial charge in [-0.15, -0.1) is 0 Å². The number of aromatic nitrogens is 1. The molecule has 1 aliphatic heterocycles. The predicted octanol–water partition coefficient (Wildman–Crippen LogP) is 5.24. The second kappa shape index (κ2) is 8.65. The van der Waals surface area contributed by atoms with Crippen molar-refractivity contribution >= 4 is 11.8 Å². The molecule has 4 rings (SSSR count). The van der Waals surface area contributed by atoms with Crippen LogP contribution in [0.1, 0.15) is 69.9 Å². The Morgan fingerprint density at radius 2 is 1.85 bits per heavy atom. The largest absolute Gasteiger partial charge is 0.466 e. The van der Waals surface area contributed by atoms with Gasteiger partial charge in [-0.05, 0) is 64.7 Å². The maximum absolute atomic E-state index is 14.5. The summed E-state index contributed by atoms with van der Waals surface area (Å²) in [6.45, 7) is 9.79. The maximum atomic E-state index is 14.5. The summed E-state index contributed by atoms with van der Waals surface area (Å²) >= 11 is 0. The molecule has 6 nitrogen and oxygen atoms in total. The third-order valence-corrected chi connectivity index (χ3v) is 6.73. The van der Waals surface area contributed by atoms with Crippen LogP contribution in [0, 0.1) is 17.6 Å². The van der Waals surface area contributed by atoms with Crippen LogP contribution in [0.2, 0.25) is 0 Å². The van der Waals surface area contributed by atoms with Gasteiger partial charge in [0, 0.05) is 29.9 Å². The van der Waals surface area contributed by atoms with Crippen LogP contribution in [0.25, 0.3) is 0 Å². The van der Waals surface area contributed by atoms with Gasteiger partial charge < -0.3 is 19.5 Å². The lowest BCUT2D eigenvalue weighted by atomic mass is 9.90. The van der Waals surface area contributed by atoms with E-state index in [-0.39, 0.29) is 35.5 Å². The highest BCUT2D eigenvalue weighted by atomic mass is 19.1. The van der Waals surface area contributed by atoms with E-state index in [1.54, 1.807) is 19.2 Å². The van der Waals surface area contributed by atoms with Gasteiger partial charge in [0.15, 0.2) is 6.29 Å². The molecule has 0 spiro atoms. The minimum Gasteiger partial charge on any atom is -0.466 e. The standard InChI is InChI=1S/C25H30F2N2O4/c1-6-31-22(30)17-10-16(17)14-7-8-21(28-12-14)29-13-15-9-18(20(27)11-19(15)26)23-32-24(2,3)25(4,5)33-23/h7-9,11-12,16-17,23H,6,10,13H2,1-5H3,(H,28,29)/t16-,17+/m1/s1. The monoisotopic (exact) mass is 460 g/mol. The van der Waals surface area contributed by atoms with Crippen LogP contribution in [0.3, 0.4) is 0 Å². The minimum atomic E-state index is -0.919. The second-order valence-corrected chi connectivity index (χ2v) is 9.58. The Morgan fingerprint density at radius 3 is 2.45 bits per heavy atom. The van der Waals surface area contributed by atoms with Gasteiger partial charge in [0.2, 0.25) is 0 Å². The first-order valence-corrected chi connectivity index (χ1v) is 11.2. The third kappa shape index (κ3) is 4.73. The van der Waals surface area contributed by atoms with E-state index in [0.29, 0.717) is 12.4 Å². The molecule has 2 aromatic rings. The number of esters is 1. The van der Waals surface area contributed by atoms with Crippen molar-refractivity contribution in [2.24, 2.45) is 5.92 Å². The highest BCUT2D eigenvalue weighted by Crippen LogP contribution is 2.48. The highest BCUT2D eigenvalue weighted by molar-refractivity contribution is 5.77. The summed E-state index contributed by atoms with van der Waals surface area (Å²) in [7, 11) is 0. The van der Waals surface area contributed by atoms with Crippen molar-refractivity contribution in [3.8, 4) is 0 Å². The molecule has 1 aromatic carbocycles. The molecule has 1 N–H and O–H groups in total. The van der Waals surface area contributed by atoms with Gasteiger partial charge in [0.25, 0.3) is 0 Å². The van der Waals surface area contributed by atoms with E-state index in [4.69, 9.17) is 14.2 Å². The molecule has 1 saturated carbocycles. The molecule has 8 heteroatoms. The number of pyridine rings is 1. The molecule has 0 amide bonds. The number of hydrogen-bond donors (Lipinski definition) is 1. The summed E-state index contributed by atoms with van der Waals surface area (Å²) in [5.74, 6) is -0.970. The Bertz CT molecular complexity index is 1020. The van der Waals surface area contributed by atoms with Gasteiger partial charge in [0.05, 0.1) is 23.7 Å². The molecular formula is C25H30F2N2O4. The molecule has 178 valence electrons. The zero-order valence-electron chi connectivity index (χ0n) is 19.6. The van der Waals surface area contributed by atoms with Crippen molar-refractivity contribution < 1.29 is 27.8 Å². The number of rotatable bonds is 7. The Morgan fingerprint density at radius 1 is 1.15 bits per heavy atom. The zero-order valence-corrected chi connectivity index (χ0v) is 19.6. The van der Waals surface area contributed by atoms with Gasteiger partial charge in [0.1, 0.15) is 17.5 Å². The molecule has 2 atom stereocenters. The van der Waals surface area contributed by atoms with Crippen molar-refractivity contribution in [2.45, 2.75) is 71.0 Å². The lowest BCUT2D eigenvalue weighted by Gasteiger charge is -2.30. The van der Waals surface area contributed by atoms with E-state index in [1.165, 1.54) is 6.07 Å². The zero-order chi connectivity index (χ0) is 24.0.